The largest absolute Gasteiger partial charge is 0.403 e. The number of rotatable bonds is 2. The molecule has 0 aliphatic rings. The molecular weight excluding hydrogens is 138 g/mol. The summed E-state index contributed by atoms with van der Waals surface area (Å²) in [6, 6.07) is 0. The van der Waals surface area contributed by atoms with E-state index >= 15 is 0 Å². The van der Waals surface area contributed by atoms with E-state index in [1.807, 2.05) is 11.5 Å². The van der Waals surface area contributed by atoms with E-state index in [2.05, 4.69) is 11.6 Å². The summed E-state index contributed by atoms with van der Waals surface area (Å²) in [5.41, 5.74) is 6.29. The third-order valence-corrected chi connectivity index (χ3v) is 1.43. The van der Waals surface area contributed by atoms with Crippen LogP contribution in [0.25, 0.3) is 12.3 Å². The smallest absolute Gasteiger partial charge is 0.136 e. The van der Waals surface area contributed by atoms with E-state index in [0.29, 0.717) is 0 Å². The van der Waals surface area contributed by atoms with Crippen LogP contribution >= 0.6 is 0 Å². The molecule has 0 aliphatic carbocycles. The van der Waals surface area contributed by atoms with Crippen molar-refractivity contribution in [3.63, 3.8) is 0 Å². The Morgan fingerprint density at radius 2 is 2.45 bits per heavy atom. The third-order valence-electron chi connectivity index (χ3n) is 1.43. The van der Waals surface area contributed by atoms with Crippen LogP contribution in [0.2, 0.25) is 0 Å². The van der Waals surface area contributed by atoms with Crippen LogP contribution in [0, 0.1) is 6.92 Å². The molecule has 1 aromatic rings. The minimum Gasteiger partial charge on any atom is -0.403 e. The van der Waals surface area contributed by atoms with Gasteiger partial charge in [-0.3, -0.25) is 0 Å². The van der Waals surface area contributed by atoms with Crippen molar-refractivity contribution in [3.8, 4) is 0 Å². The summed E-state index contributed by atoms with van der Waals surface area (Å²) in [4.78, 5) is 4.09. The first kappa shape index (κ1) is 7.60. The number of nitrogens with zero attached hydrogens (tertiary/aromatic N) is 2. The number of imidazole rings is 1. The molecule has 1 rings (SSSR count). The average Bonchev–Trinajstić information content (AvgIpc) is 2.34. The Morgan fingerprint density at radius 3 is 3.00 bits per heavy atom. The number of aryl methyl sites for hydroxylation is 1. The quantitative estimate of drug-likeness (QED) is 0.687. The zero-order valence-corrected chi connectivity index (χ0v) is 6.49. The van der Waals surface area contributed by atoms with Gasteiger partial charge < -0.3 is 10.3 Å². The van der Waals surface area contributed by atoms with Crippen molar-refractivity contribution in [1.82, 2.24) is 9.55 Å². The molecule has 0 atom stereocenters. The Hall–Kier alpha value is -1.51. The highest BCUT2D eigenvalue weighted by Crippen LogP contribution is 2.04. The Morgan fingerprint density at radius 1 is 1.73 bits per heavy atom. The lowest BCUT2D eigenvalue weighted by Gasteiger charge is -1.97. The Labute approximate surface area is 65.9 Å². The first-order valence-electron chi connectivity index (χ1n) is 3.34. The van der Waals surface area contributed by atoms with Gasteiger partial charge in [0.05, 0.1) is 0 Å². The first-order valence-corrected chi connectivity index (χ1v) is 3.34. The van der Waals surface area contributed by atoms with Gasteiger partial charge in [0.25, 0.3) is 0 Å². The van der Waals surface area contributed by atoms with Crippen molar-refractivity contribution in [3.05, 3.63) is 30.5 Å². The van der Waals surface area contributed by atoms with Crippen molar-refractivity contribution in [1.29, 1.82) is 0 Å². The van der Waals surface area contributed by atoms with Gasteiger partial charge in [-0.05, 0) is 13.0 Å². The zero-order chi connectivity index (χ0) is 8.27. The van der Waals surface area contributed by atoms with Crippen LogP contribution in [-0.4, -0.2) is 9.55 Å². The Kier molecular flexibility index (Phi) is 2.11. The number of hydrogen-bond donors (Lipinski definition) is 1. The fraction of sp³-hybridized carbons (Fsp3) is 0.125. The van der Waals surface area contributed by atoms with Crippen molar-refractivity contribution >= 4 is 12.3 Å². The molecule has 0 saturated heterocycles. The number of aromatic nitrogens is 2. The van der Waals surface area contributed by atoms with E-state index in [0.717, 1.165) is 11.5 Å². The van der Waals surface area contributed by atoms with E-state index in [9.17, 15) is 0 Å². The van der Waals surface area contributed by atoms with E-state index in [-0.39, 0.29) is 0 Å². The summed E-state index contributed by atoms with van der Waals surface area (Å²) in [5, 5.41) is 0. The van der Waals surface area contributed by atoms with Crippen molar-refractivity contribution in [2.45, 2.75) is 6.92 Å². The molecule has 0 aliphatic heterocycles. The van der Waals surface area contributed by atoms with Crippen LogP contribution in [0.3, 0.4) is 0 Å². The van der Waals surface area contributed by atoms with Crippen molar-refractivity contribution in [2.24, 2.45) is 5.73 Å². The van der Waals surface area contributed by atoms with Gasteiger partial charge in [-0.25, -0.2) is 4.98 Å². The molecule has 3 nitrogen and oxygen atoms in total. The number of hydrogen-bond acceptors (Lipinski definition) is 2. The second kappa shape index (κ2) is 3.05. The van der Waals surface area contributed by atoms with Crippen LogP contribution in [0.15, 0.2) is 19.0 Å². The summed E-state index contributed by atoms with van der Waals surface area (Å²) < 4.78 is 1.87. The molecule has 0 bridgehead atoms. The standard InChI is InChI=1S/C8H11N3/c1-3-8-10-6-7(2)11(8)5-4-9/h3-6H,1,9H2,2H3/b5-4-. The zero-order valence-electron chi connectivity index (χ0n) is 6.49. The maximum absolute atomic E-state index is 5.25. The second-order valence-corrected chi connectivity index (χ2v) is 2.17. The molecule has 0 unspecified atom stereocenters. The highest BCUT2D eigenvalue weighted by molar-refractivity contribution is 5.43. The van der Waals surface area contributed by atoms with Gasteiger partial charge in [-0.2, -0.15) is 0 Å². The predicted molar refractivity (Wildman–Crippen MR) is 46.6 cm³/mol. The maximum atomic E-state index is 5.25. The minimum atomic E-state index is 0.809. The normalized spacial score (nSPS) is 10.6. The molecule has 58 valence electrons. The molecule has 1 heterocycles. The SMILES string of the molecule is C=Cc1ncc(C)n1/C=C\N. The van der Waals surface area contributed by atoms with Gasteiger partial charge in [-0.1, -0.05) is 6.58 Å². The van der Waals surface area contributed by atoms with Crippen LogP contribution < -0.4 is 5.73 Å². The predicted octanol–water partition coefficient (Wildman–Crippen LogP) is 1.22. The summed E-state index contributed by atoms with van der Waals surface area (Å²) >= 11 is 0. The summed E-state index contributed by atoms with van der Waals surface area (Å²) in [6.07, 6.45) is 6.69. The van der Waals surface area contributed by atoms with E-state index in [1.165, 1.54) is 6.20 Å². The van der Waals surface area contributed by atoms with Crippen LogP contribution in [-0.2, 0) is 0 Å². The molecular formula is C8H11N3. The van der Waals surface area contributed by atoms with E-state index < -0.39 is 0 Å². The molecule has 0 fully saturated rings. The molecule has 0 saturated carbocycles. The van der Waals surface area contributed by atoms with Crippen LogP contribution in [0.4, 0.5) is 0 Å². The van der Waals surface area contributed by atoms with Gasteiger partial charge in [-0.15, -0.1) is 0 Å². The highest BCUT2D eigenvalue weighted by atomic mass is 15.1. The monoisotopic (exact) mass is 149 g/mol. The minimum absolute atomic E-state index is 0.809. The Bertz CT molecular complexity index is 284. The van der Waals surface area contributed by atoms with E-state index in [1.54, 1.807) is 18.5 Å². The van der Waals surface area contributed by atoms with Gasteiger partial charge >= 0.3 is 0 Å². The average molecular weight is 149 g/mol. The maximum Gasteiger partial charge on any atom is 0.136 e. The Balaban J connectivity index is 3.17. The van der Waals surface area contributed by atoms with Crippen LogP contribution in [0.1, 0.15) is 11.5 Å². The molecule has 0 radical (unpaired) electrons. The van der Waals surface area contributed by atoms with Crippen molar-refractivity contribution < 1.29 is 0 Å². The van der Waals surface area contributed by atoms with Crippen molar-refractivity contribution in [2.75, 3.05) is 0 Å². The third kappa shape index (κ3) is 1.32. The molecule has 0 spiro atoms. The fourth-order valence-corrected chi connectivity index (χ4v) is 0.896. The molecule has 3 heteroatoms. The van der Waals surface area contributed by atoms with Crippen LogP contribution in [0.5, 0.6) is 0 Å². The summed E-state index contributed by atoms with van der Waals surface area (Å²) in [7, 11) is 0. The van der Waals surface area contributed by atoms with Gasteiger partial charge in [0.15, 0.2) is 0 Å². The second-order valence-electron chi connectivity index (χ2n) is 2.17. The highest BCUT2D eigenvalue weighted by Gasteiger charge is 1.98. The lowest BCUT2D eigenvalue weighted by Crippen LogP contribution is -1.93. The topological polar surface area (TPSA) is 43.8 Å². The molecule has 2 N–H and O–H groups in total. The first-order chi connectivity index (χ1) is 5.29. The summed E-state index contributed by atoms with van der Waals surface area (Å²) in [6.45, 7) is 5.59. The molecule has 0 amide bonds. The van der Waals surface area contributed by atoms with E-state index in [4.69, 9.17) is 5.73 Å². The number of nitrogens with two attached hydrogens (primary N) is 1. The fourth-order valence-electron chi connectivity index (χ4n) is 0.896. The molecule has 11 heavy (non-hydrogen) atoms. The molecule has 0 aromatic carbocycles. The van der Waals surface area contributed by atoms with Gasteiger partial charge in [0.1, 0.15) is 5.82 Å². The van der Waals surface area contributed by atoms with Gasteiger partial charge in [0, 0.05) is 24.3 Å². The lowest BCUT2D eigenvalue weighted by atomic mass is 10.5. The molecule has 1 aromatic heterocycles. The summed E-state index contributed by atoms with van der Waals surface area (Å²) in [5.74, 6) is 0.809. The lowest BCUT2D eigenvalue weighted by molar-refractivity contribution is 1.05. The van der Waals surface area contributed by atoms with Gasteiger partial charge in [0.2, 0.25) is 0 Å².